The molecule has 1 aromatic rings. The molecule has 18 heavy (non-hydrogen) atoms. The van der Waals surface area contributed by atoms with Crippen LogP contribution in [0.15, 0.2) is 12.1 Å². The molecule has 0 spiro atoms. The largest absolute Gasteiger partial charge is 0.507 e. The van der Waals surface area contributed by atoms with Crippen molar-refractivity contribution in [1.29, 1.82) is 0 Å². The van der Waals surface area contributed by atoms with Gasteiger partial charge >= 0.3 is 5.97 Å². The van der Waals surface area contributed by atoms with Crippen molar-refractivity contribution in [2.45, 2.75) is 25.9 Å². The van der Waals surface area contributed by atoms with Crippen molar-refractivity contribution in [2.24, 2.45) is 0 Å². The molecule has 2 N–H and O–H groups in total. The molecule has 2 rings (SSSR count). The number of carbonyl (C=O) groups is 1. The minimum atomic E-state index is -1.15. The van der Waals surface area contributed by atoms with Crippen molar-refractivity contribution in [2.75, 3.05) is 13.2 Å². The van der Waals surface area contributed by atoms with Crippen molar-refractivity contribution < 1.29 is 24.5 Å². The first-order valence-electron chi connectivity index (χ1n) is 5.90. The van der Waals surface area contributed by atoms with Gasteiger partial charge in [0.15, 0.2) is 0 Å². The van der Waals surface area contributed by atoms with Crippen molar-refractivity contribution in [3.05, 3.63) is 23.3 Å². The number of hydrogen-bond acceptors (Lipinski definition) is 4. The van der Waals surface area contributed by atoms with Crippen LogP contribution in [0.1, 0.15) is 28.8 Å². The Hall–Kier alpha value is -1.75. The second-order valence-corrected chi connectivity index (χ2v) is 4.32. The molecule has 1 fully saturated rings. The standard InChI is InChI=1S/C13H16O5/c1-8-11(18-9-4-6-17-7-5-9)3-2-10(12(8)14)13(15)16/h2-3,9,14H,4-7H2,1H3,(H,15,16). The molecule has 5 nitrogen and oxygen atoms in total. The van der Waals surface area contributed by atoms with Gasteiger partial charge in [-0.15, -0.1) is 0 Å². The molecule has 0 radical (unpaired) electrons. The minimum Gasteiger partial charge on any atom is -0.507 e. The molecule has 0 saturated carbocycles. The van der Waals surface area contributed by atoms with E-state index in [2.05, 4.69) is 0 Å². The van der Waals surface area contributed by atoms with Crippen molar-refractivity contribution in [3.8, 4) is 11.5 Å². The summed E-state index contributed by atoms with van der Waals surface area (Å²) < 4.78 is 11.0. The lowest BCUT2D eigenvalue weighted by molar-refractivity contribution is 0.0252. The van der Waals surface area contributed by atoms with Gasteiger partial charge < -0.3 is 19.7 Å². The van der Waals surface area contributed by atoms with E-state index in [1.54, 1.807) is 13.0 Å². The van der Waals surface area contributed by atoms with E-state index in [4.69, 9.17) is 14.6 Å². The quantitative estimate of drug-likeness (QED) is 0.860. The van der Waals surface area contributed by atoms with Crippen LogP contribution < -0.4 is 4.74 Å². The Morgan fingerprint density at radius 3 is 2.67 bits per heavy atom. The molecule has 0 unspecified atom stereocenters. The summed E-state index contributed by atoms with van der Waals surface area (Å²) in [6.45, 7) is 2.99. The van der Waals surface area contributed by atoms with Crippen LogP contribution in [0.3, 0.4) is 0 Å². The lowest BCUT2D eigenvalue weighted by Gasteiger charge is -2.24. The average molecular weight is 252 g/mol. The Kier molecular flexibility index (Phi) is 3.72. The normalized spacial score (nSPS) is 16.5. The zero-order valence-electron chi connectivity index (χ0n) is 10.2. The fraction of sp³-hybridized carbons (Fsp3) is 0.462. The molecule has 1 aliphatic rings. The van der Waals surface area contributed by atoms with Crippen LogP contribution in [-0.4, -0.2) is 35.5 Å². The molecule has 1 aromatic carbocycles. The van der Waals surface area contributed by atoms with Crippen molar-refractivity contribution in [3.63, 3.8) is 0 Å². The SMILES string of the molecule is Cc1c(OC2CCOCC2)ccc(C(=O)O)c1O. The number of carboxylic acids is 1. The number of benzene rings is 1. The van der Waals surface area contributed by atoms with Crippen LogP contribution in [0, 0.1) is 6.92 Å². The molecule has 5 heteroatoms. The maximum absolute atomic E-state index is 10.9. The lowest BCUT2D eigenvalue weighted by atomic mass is 10.1. The van der Waals surface area contributed by atoms with Gasteiger partial charge in [-0.1, -0.05) is 0 Å². The lowest BCUT2D eigenvalue weighted by Crippen LogP contribution is -2.26. The summed E-state index contributed by atoms with van der Waals surface area (Å²) in [7, 11) is 0. The Morgan fingerprint density at radius 2 is 2.06 bits per heavy atom. The van der Waals surface area contributed by atoms with Gasteiger partial charge in [-0.05, 0) is 19.1 Å². The summed E-state index contributed by atoms with van der Waals surface area (Å²) in [5, 5.41) is 18.7. The summed E-state index contributed by atoms with van der Waals surface area (Å²) in [6.07, 6.45) is 1.68. The van der Waals surface area contributed by atoms with Crippen LogP contribution >= 0.6 is 0 Å². The van der Waals surface area contributed by atoms with Crippen molar-refractivity contribution in [1.82, 2.24) is 0 Å². The highest BCUT2D eigenvalue weighted by Crippen LogP contribution is 2.32. The Morgan fingerprint density at radius 1 is 1.39 bits per heavy atom. The molecule has 0 bridgehead atoms. The van der Waals surface area contributed by atoms with E-state index in [0.717, 1.165) is 12.8 Å². The first-order valence-corrected chi connectivity index (χ1v) is 5.90. The Balaban J connectivity index is 2.18. The van der Waals surface area contributed by atoms with Gasteiger partial charge in [0.05, 0.1) is 13.2 Å². The molecular formula is C13H16O5. The maximum Gasteiger partial charge on any atom is 0.339 e. The zero-order chi connectivity index (χ0) is 13.1. The first-order chi connectivity index (χ1) is 8.59. The van der Waals surface area contributed by atoms with E-state index in [1.165, 1.54) is 6.07 Å². The van der Waals surface area contributed by atoms with Crippen LogP contribution in [0.5, 0.6) is 11.5 Å². The molecular weight excluding hydrogens is 236 g/mol. The van der Waals surface area contributed by atoms with Crippen molar-refractivity contribution >= 4 is 5.97 Å². The number of phenols is 1. The van der Waals surface area contributed by atoms with E-state index in [-0.39, 0.29) is 17.4 Å². The van der Waals surface area contributed by atoms with E-state index in [0.29, 0.717) is 24.5 Å². The highest BCUT2D eigenvalue weighted by atomic mass is 16.5. The second-order valence-electron chi connectivity index (χ2n) is 4.32. The maximum atomic E-state index is 10.9. The third-order valence-corrected chi connectivity index (χ3v) is 3.07. The fourth-order valence-electron chi connectivity index (χ4n) is 1.96. The molecule has 1 aliphatic heterocycles. The van der Waals surface area contributed by atoms with Gasteiger partial charge in [-0.3, -0.25) is 0 Å². The summed E-state index contributed by atoms with van der Waals surface area (Å²) in [5.74, 6) is -0.843. The van der Waals surface area contributed by atoms with E-state index in [9.17, 15) is 9.90 Å². The van der Waals surface area contributed by atoms with Crippen LogP contribution in [0.4, 0.5) is 0 Å². The predicted octanol–water partition coefficient (Wildman–Crippen LogP) is 1.96. The summed E-state index contributed by atoms with van der Waals surface area (Å²) >= 11 is 0. The number of rotatable bonds is 3. The highest BCUT2D eigenvalue weighted by molar-refractivity contribution is 5.91. The van der Waals surface area contributed by atoms with Gasteiger partial charge in [-0.2, -0.15) is 0 Å². The topological polar surface area (TPSA) is 76.0 Å². The molecule has 1 heterocycles. The summed E-state index contributed by atoms with van der Waals surface area (Å²) in [5.41, 5.74) is 0.355. The summed E-state index contributed by atoms with van der Waals surface area (Å²) in [6, 6.07) is 2.95. The van der Waals surface area contributed by atoms with E-state index >= 15 is 0 Å². The van der Waals surface area contributed by atoms with Gasteiger partial charge in [0.1, 0.15) is 23.2 Å². The van der Waals surface area contributed by atoms with Crippen LogP contribution in [0.2, 0.25) is 0 Å². The number of aromatic carboxylic acids is 1. The van der Waals surface area contributed by atoms with Gasteiger partial charge in [-0.25, -0.2) is 4.79 Å². The number of ether oxygens (including phenoxy) is 2. The smallest absolute Gasteiger partial charge is 0.339 e. The average Bonchev–Trinajstić information content (AvgIpc) is 2.36. The minimum absolute atomic E-state index is 0.0625. The molecule has 98 valence electrons. The monoisotopic (exact) mass is 252 g/mol. The number of aromatic hydroxyl groups is 1. The van der Waals surface area contributed by atoms with Crippen LogP contribution in [0.25, 0.3) is 0 Å². The number of carboxylic acid groups (broad SMARTS) is 1. The highest BCUT2D eigenvalue weighted by Gasteiger charge is 2.19. The Labute approximate surface area is 105 Å². The van der Waals surface area contributed by atoms with Gasteiger partial charge in [0, 0.05) is 18.4 Å². The molecule has 0 aliphatic carbocycles. The predicted molar refractivity (Wildman–Crippen MR) is 64.3 cm³/mol. The summed E-state index contributed by atoms with van der Waals surface area (Å²) in [4.78, 5) is 10.9. The Bertz CT molecular complexity index is 449. The fourth-order valence-corrected chi connectivity index (χ4v) is 1.96. The van der Waals surface area contributed by atoms with E-state index < -0.39 is 5.97 Å². The third kappa shape index (κ3) is 2.56. The zero-order valence-corrected chi connectivity index (χ0v) is 10.2. The van der Waals surface area contributed by atoms with Gasteiger partial charge in [0.2, 0.25) is 0 Å². The molecule has 0 amide bonds. The molecule has 0 atom stereocenters. The van der Waals surface area contributed by atoms with E-state index in [1.807, 2.05) is 0 Å². The van der Waals surface area contributed by atoms with Crippen LogP contribution in [-0.2, 0) is 4.74 Å². The first kappa shape index (κ1) is 12.7. The number of hydrogen-bond donors (Lipinski definition) is 2. The van der Waals surface area contributed by atoms with Gasteiger partial charge in [0.25, 0.3) is 0 Å². The third-order valence-electron chi connectivity index (χ3n) is 3.07. The molecule has 1 saturated heterocycles. The second kappa shape index (κ2) is 5.27. The molecule has 0 aromatic heterocycles.